The maximum absolute atomic E-state index is 10.9. The van der Waals surface area contributed by atoms with E-state index in [9.17, 15) is 10.1 Å². The van der Waals surface area contributed by atoms with Gasteiger partial charge in [-0.3, -0.25) is 10.1 Å². The lowest BCUT2D eigenvalue weighted by molar-refractivity contribution is -0.384. The monoisotopic (exact) mass is 274 g/mol. The van der Waals surface area contributed by atoms with E-state index in [0.717, 1.165) is 25.9 Å². The molecule has 0 bridgehead atoms. The van der Waals surface area contributed by atoms with Crippen LogP contribution in [0.25, 0.3) is 10.9 Å². The molecular weight excluding hydrogens is 260 g/mol. The largest absolute Gasteiger partial charge is 0.472 e. The number of nitrogens with one attached hydrogen (secondary N) is 1. The van der Waals surface area contributed by atoms with Gasteiger partial charge in [-0.15, -0.1) is 0 Å². The second kappa shape index (κ2) is 5.38. The van der Waals surface area contributed by atoms with Crippen molar-refractivity contribution in [2.24, 2.45) is 0 Å². The maximum atomic E-state index is 10.9. The van der Waals surface area contributed by atoms with E-state index in [1.54, 1.807) is 6.07 Å². The number of hydrogen-bond donors (Lipinski definition) is 1. The molecule has 104 valence electrons. The van der Waals surface area contributed by atoms with Crippen molar-refractivity contribution in [1.82, 2.24) is 15.3 Å². The minimum absolute atomic E-state index is 0.0129. The first-order valence-electron chi connectivity index (χ1n) is 6.50. The highest BCUT2D eigenvalue weighted by Crippen LogP contribution is 2.27. The fourth-order valence-electron chi connectivity index (χ4n) is 2.31. The lowest BCUT2D eigenvalue weighted by Crippen LogP contribution is -2.37. The second-order valence-electron chi connectivity index (χ2n) is 4.72. The Morgan fingerprint density at radius 1 is 1.40 bits per heavy atom. The Kier molecular flexibility index (Phi) is 3.42. The molecule has 2 heterocycles. The maximum Gasteiger partial charge on any atom is 0.270 e. The van der Waals surface area contributed by atoms with Crippen LogP contribution in [-0.4, -0.2) is 34.1 Å². The van der Waals surface area contributed by atoms with Gasteiger partial charge in [-0.2, -0.15) is 0 Å². The molecule has 3 rings (SSSR count). The number of nitrogens with zero attached hydrogens (tertiary/aromatic N) is 3. The molecule has 0 amide bonds. The van der Waals surface area contributed by atoms with E-state index in [1.165, 1.54) is 18.5 Å². The van der Waals surface area contributed by atoms with E-state index >= 15 is 0 Å². The highest BCUT2D eigenvalue weighted by molar-refractivity contribution is 5.85. The molecule has 1 aliphatic rings. The molecule has 0 radical (unpaired) electrons. The van der Waals surface area contributed by atoms with Gasteiger partial charge >= 0.3 is 0 Å². The van der Waals surface area contributed by atoms with Gasteiger partial charge in [-0.05, 0) is 25.5 Å². The molecule has 1 saturated heterocycles. The summed E-state index contributed by atoms with van der Waals surface area (Å²) in [6.45, 7) is 1.76. The number of benzene rings is 1. The molecule has 1 aromatic carbocycles. The van der Waals surface area contributed by atoms with Crippen molar-refractivity contribution in [2.45, 2.75) is 18.9 Å². The average molecular weight is 274 g/mol. The van der Waals surface area contributed by atoms with Crippen LogP contribution in [0.1, 0.15) is 12.8 Å². The van der Waals surface area contributed by atoms with E-state index in [4.69, 9.17) is 4.74 Å². The van der Waals surface area contributed by atoms with Crippen molar-refractivity contribution in [1.29, 1.82) is 0 Å². The number of piperidine rings is 1. The summed E-state index contributed by atoms with van der Waals surface area (Å²) in [6, 6.07) is 4.50. The molecule has 1 fully saturated rings. The van der Waals surface area contributed by atoms with E-state index in [1.807, 2.05) is 0 Å². The predicted octanol–water partition coefficient (Wildman–Crippen LogP) is 1.67. The SMILES string of the molecule is O=[N+]([O-])c1ccc2ncnc(OC3CCCNC3)c2c1. The first-order valence-corrected chi connectivity index (χ1v) is 6.50. The van der Waals surface area contributed by atoms with Crippen LogP contribution >= 0.6 is 0 Å². The smallest absolute Gasteiger partial charge is 0.270 e. The quantitative estimate of drug-likeness (QED) is 0.676. The zero-order valence-corrected chi connectivity index (χ0v) is 10.8. The van der Waals surface area contributed by atoms with Gasteiger partial charge in [0.2, 0.25) is 5.88 Å². The molecule has 0 spiro atoms. The number of non-ortho nitro benzene ring substituents is 1. The molecule has 0 saturated carbocycles. The van der Waals surface area contributed by atoms with Crippen LogP contribution in [0.4, 0.5) is 5.69 Å². The van der Waals surface area contributed by atoms with E-state index in [-0.39, 0.29) is 11.8 Å². The van der Waals surface area contributed by atoms with Crippen LogP contribution in [0, 0.1) is 10.1 Å². The molecular formula is C13H14N4O3. The summed E-state index contributed by atoms with van der Waals surface area (Å²) < 4.78 is 5.87. The van der Waals surface area contributed by atoms with Crippen molar-refractivity contribution in [3.05, 3.63) is 34.6 Å². The zero-order chi connectivity index (χ0) is 13.9. The van der Waals surface area contributed by atoms with Crippen molar-refractivity contribution in [3.8, 4) is 5.88 Å². The van der Waals surface area contributed by atoms with Crippen molar-refractivity contribution < 1.29 is 9.66 Å². The Bertz CT molecular complexity index is 641. The minimum Gasteiger partial charge on any atom is -0.472 e. The topological polar surface area (TPSA) is 90.2 Å². The number of fused-ring (bicyclic) bond motifs is 1. The molecule has 7 nitrogen and oxygen atoms in total. The highest BCUT2D eigenvalue weighted by atomic mass is 16.6. The summed E-state index contributed by atoms with van der Waals surface area (Å²) in [7, 11) is 0. The third-order valence-corrected chi connectivity index (χ3v) is 3.32. The fraction of sp³-hybridized carbons (Fsp3) is 0.385. The van der Waals surface area contributed by atoms with Crippen LogP contribution in [-0.2, 0) is 0 Å². The Labute approximate surface area is 115 Å². The number of nitro groups is 1. The van der Waals surface area contributed by atoms with Crippen molar-refractivity contribution in [3.63, 3.8) is 0 Å². The van der Waals surface area contributed by atoms with Crippen LogP contribution in [0.2, 0.25) is 0 Å². The zero-order valence-electron chi connectivity index (χ0n) is 10.8. The molecule has 1 aromatic heterocycles. The first kappa shape index (κ1) is 12.7. The van der Waals surface area contributed by atoms with Gasteiger partial charge in [-0.25, -0.2) is 9.97 Å². The molecule has 20 heavy (non-hydrogen) atoms. The number of aromatic nitrogens is 2. The van der Waals surface area contributed by atoms with Gasteiger partial charge in [0.05, 0.1) is 15.8 Å². The van der Waals surface area contributed by atoms with Crippen LogP contribution in [0.5, 0.6) is 5.88 Å². The summed E-state index contributed by atoms with van der Waals surface area (Å²) in [5.74, 6) is 0.410. The van der Waals surface area contributed by atoms with Gasteiger partial charge in [0, 0.05) is 18.7 Å². The van der Waals surface area contributed by atoms with Gasteiger partial charge in [0.1, 0.15) is 12.4 Å². The second-order valence-corrected chi connectivity index (χ2v) is 4.72. The third kappa shape index (κ3) is 2.53. The minimum atomic E-state index is -0.432. The van der Waals surface area contributed by atoms with E-state index in [2.05, 4.69) is 15.3 Å². The predicted molar refractivity (Wildman–Crippen MR) is 72.7 cm³/mol. The molecule has 2 aromatic rings. The molecule has 1 aliphatic heterocycles. The van der Waals surface area contributed by atoms with Gasteiger partial charge in [0.15, 0.2) is 0 Å². The lowest BCUT2D eigenvalue weighted by atomic mass is 10.1. The normalized spacial score (nSPS) is 18.9. The lowest BCUT2D eigenvalue weighted by Gasteiger charge is -2.23. The summed E-state index contributed by atoms with van der Waals surface area (Å²) in [4.78, 5) is 18.7. The molecule has 0 aliphatic carbocycles. The van der Waals surface area contributed by atoms with Crippen LogP contribution in [0.3, 0.4) is 0 Å². The van der Waals surface area contributed by atoms with Crippen LogP contribution < -0.4 is 10.1 Å². The number of hydrogen-bond acceptors (Lipinski definition) is 6. The van der Waals surface area contributed by atoms with E-state index < -0.39 is 4.92 Å². The average Bonchev–Trinajstić information content (AvgIpc) is 2.48. The van der Waals surface area contributed by atoms with Gasteiger partial charge < -0.3 is 10.1 Å². The number of ether oxygens (including phenoxy) is 1. The Hall–Kier alpha value is -2.28. The summed E-state index contributed by atoms with van der Waals surface area (Å²) >= 11 is 0. The molecule has 1 atom stereocenters. The Morgan fingerprint density at radius 2 is 2.30 bits per heavy atom. The van der Waals surface area contributed by atoms with Crippen molar-refractivity contribution >= 4 is 16.6 Å². The van der Waals surface area contributed by atoms with Gasteiger partial charge in [0.25, 0.3) is 5.69 Å². The summed E-state index contributed by atoms with van der Waals surface area (Å²) in [5.41, 5.74) is 0.656. The molecule has 7 heteroatoms. The van der Waals surface area contributed by atoms with E-state index in [0.29, 0.717) is 16.8 Å². The molecule has 1 unspecified atom stereocenters. The Balaban J connectivity index is 1.96. The van der Waals surface area contributed by atoms with Gasteiger partial charge in [-0.1, -0.05) is 0 Å². The summed E-state index contributed by atoms with van der Waals surface area (Å²) in [6.07, 6.45) is 3.46. The van der Waals surface area contributed by atoms with Crippen molar-refractivity contribution in [2.75, 3.05) is 13.1 Å². The third-order valence-electron chi connectivity index (χ3n) is 3.32. The number of nitro benzene ring substituents is 1. The Morgan fingerprint density at radius 3 is 3.05 bits per heavy atom. The highest BCUT2D eigenvalue weighted by Gasteiger charge is 2.18. The molecule has 1 N–H and O–H groups in total. The van der Waals surface area contributed by atoms with Crippen LogP contribution in [0.15, 0.2) is 24.5 Å². The standard InChI is InChI=1S/C13H14N4O3/c18-17(19)9-3-4-12-11(6-9)13(16-8-15-12)20-10-2-1-5-14-7-10/h3-4,6,8,10,14H,1-2,5,7H2. The first-order chi connectivity index (χ1) is 9.74. The number of rotatable bonds is 3. The summed E-state index contributed by atoms with van der Waals surface area (Å²) in [5, 5.41) is 14.7. The fourth-order valence-corrected chi connectivity index (χ4v) is 2.31.